The van der Waals surface area contributed by atoms with Crippen molar-refractivity contribution in [3.05, 3.63) is 33.0 Å². The Morgan fingerprint density at radius 2 is 2.28 bits per heavy atom. The van der Waals surface area contributed by atoms with E-state index < -0.39 is 0 Å². The lowest BCUT2D eigenvalue weighted by molar-refractivity contribution is 0.470. The predicted molar refractivity (Wildman–Crippen MR) is 77.6 cm³/mol. The molecule has 0 radical (unpaired) electrons. The van der Waals surface area contributed by atoms with Gasteiger partial charge in [0.15, 0.2) is 16.1 Å². The van der Waals surface area contributed by atoms with Gasteiger partial charge in [-0.05, 0) is 17.7 Å². The zero-order valence-corrected chi connectivity index (χ0v) is 12.4. The molecule has 3 heterocycles. The van der Waals surface area contributed by atoms with E-state index >= 15 is 0 Å². The van der Waals surface area contributed by atoms with Crippen LogP contribution in [0.25, 0.3) is 5.76 Å². The molecule has 0 spiro atoms. The van der Waals surface area contributed by atoms with Crippen LogP contribution in [0.15, 0.2) is 33.0 Å². The van der Waals surface area contributed by atoms with E-state index in [1.54, 1.807) is 11.3 Å². The summed E-state index contributed by atoms with van der Waals surface area (Å²) in [5.74, 6) is 1.35. The minimum atomic E-state index is 0.441. The van der Waals surface area contributed by atoms with E-state index in [1.807, 2.05) is 29.2 Å². The molecule has 0 atom stereocenters. The van der Waals surface area contributed by atoms with Crippen LogP contribution in [0.1, 0.15) is 4.88 Å². The zero-order chi connectivity index (χ0) is 12.5. The van der Waals surface area contributed by atoms with Gasteiger partial charge in [0.05, 0.1) is 4.88 Å². The second kappa shape index (κ2) is 5.13. The quantitative estimate of drug-likeness (QED) is 0.466. The van der Waals surface area contributed by atoms with Crippen molar-refractivity contribution in [1.29, 1.82) is 0 Å². The van der Waals surface area contributed by atoms with Gasteiger partial charge in [0, 0.05) is 5.41 Å². The minimum Gasteiger partial charge on any atom is -0.436 e. The molecule has 1 aliphatic heterocycles. The molecule has 0 amide bonds. The van der Waals surface area contributed by atoms with E-state index in [-0.39, 0.29) is 0 Å². The Balaban J connectivity index is 1.99. The maximum absolute atomic E-state index is 6.11. The second-order valence-corrected chi connectivity index (χ2v) is 6.27. The van der Waals surface area contributed by atoms with Crippen LogP contribution < -0.4 is 4.74 Å². The fourth-order valence-corrected chi connectivity index (χ4v) is 3.60. The number of ether oxygens (including phenoxy) is 1. The van der Waals surface area contributed by atoms with Crippen molar-refractivity contribution in [3.63, 3.8) is 0 Å². The van der Waals surface area contributed by atoms with Crippen LogP contribution >= 0.6 is 46.5 Å². The van der Waals surface area contributed by atoms with E-state index in [9.17, 15) is 0 Å². The summed E-state index contributed by atoms with van der Waals surface area (Å²) in [6.07, 6.45) is 1.91. The SMILES string of the molecule is CSc1nc(Cl)c2c(n1)OC(c1cccs1)=CS2. The molecule has 0 saturated heterocycles. The topological polar surface area (TPSA) is 35.0 Å². The van der Waals surface area contributed by atoms with Crippen LogP contribution in [0.3, 0.4) is 0 Å². The molecule has 18 heavy (non-hydrogen) atoms. The average Bonchev–Trinajstić information content (AvgIpc) is 2.91. The van der Waals surface area contributed by atoms with Crippen LogP contribution in [-0.4, -0.2) is 16.2 Å². The van der Waals surface area contributed by atoms with E-state index in [1.165, 1.54) is 23.5 Å². The van der Waals surface area contributed by atoms with Crippen LogP contribution in [-0.2, 0) is 0 Å². The molecule has 2 aromatic rings. The number of hydrogen-bond acceptors (Lipinski definition) is 6. The molecule has 0 aromatic carbocycles. The van der Waals surface area contributed by atoms with Crippen molar-refractivity contribution >= 4 is 52.2 Å². The van der Waals surface area contributed by atoms with E-state index in [4.69, 9.17) is 16.3 Å². The fourth-order valence-electron chi connectivity index (χ4n) is 1.41. The van der Waals surface area contributed by atoms with Crippen molar-refractivity contribution in [3.8, 4) is 5.88 Å². The largest absolute Gasteiger partial charge is 0.436 e. The number of nitrogens with zero attached hydrogens (tertiary/aromatic N) is 2. The highest BCUT2D eigenvalue weighted by atomic mass is 35.5. The van der Waals surface area contributed by atoms with Crippen molar-refractivity contribution in [1.82, 2.24) is 9.97 Å². The molecular formula is C11H7ClN2OS3. The highest BCUT2D eigenvalue weighted by Crippen LogP contribution is 2.42. The van der Waals surface area contributed by atoms with Gasteiger partial charge in [-0.1, -0.05) is 41.2 Å². The first-order valence-electron chi connectivity index (χ1n) is 4.98. The number of aromatic nitrogens is 2. The summed E-state index contributed by atoms with van der Waals surface area (Å²) in [5, 5.41) is 5.00. The summed E-state index contributed by atoms with van der Waals surface area (Å²) in [4.78, 5) is 10.4. The molecular weight excluding hydrogens is 308 g/mol. The predicted octanol–water partition coefficient (Wildman–Crippen LogP) is 4.40. The lowest BCUT2D eigenvalue weighted by atomic mass is 10.4. The van der Waals surface area contributed by atoms with Crippen molar-refractivity contribution in [2.24, 2.45) is 0 Å². The Morgan fingerprint density at radius 1 is 1.39 bits per heavy atom. The first kappa shape index (κ1) is 12.3. The Kier molecular flexibility index (Phi) is 3.52. The highest BCUT2D eigenvalue weighted by molar-refractivity contribution is 8.02. The fraction of sp³-hybridized carbons (Fsp3) is 0.0909. The van der Waals surface area contributed by atoms with Gasteiger partial charge in [-0.3, -0.25) is 0 Å². The number of hydrogen-bond donors (Lipinski definition) is 0. The lowest BCUT2D eigenvalue weighted by Crippen LogP contribution is -2.03. The summed E-state index contributed by atoms with van der Waals surface area (Å²) in [6, 6.07) is 4.00. The maximum atomic E-state index is 6.11. The number of rotatable bonds is 2. The summed E-state index contributed by atoms with van der Waals surface area (Å²) < 4.78 is 5.80. The van der Waals surface area contributed by atoms with Gasteiger partial charge in [0.1, 0.15) is 4.90 Å². The standard InChI is InChI=1S/C11H7ClN2OS3/c1-16-11-13-9(12)8-10(14-11)15-6(5-18-8)7-3-2-4-17-7/h2-5H,1H3. The molecule has 0 bridgehead atoms. The Bertz CT molecular complexity index is 613. The summed E-state index contributed by atoms with van der Waals surface area (Å²) in [7, 11) is 0. The summed E-state index contributed by atoms with van der Waals surface area (Å²) in [5.41, 5.74) is 0. The minimum absolute atomic E-state index is 0.441. The van der Waals surface area contributed by atoms with Crippen molar-refractivity contribution in [2.75, 3.05) is 6.26 Å². The van der Waals surface area contributed by atoms with Gasteiger partial charge in [-0.25, -0.2) is 4.98 Å². The molecule has 0 fully saturated rings. The van der Waals surface area contributed by atoms with Gasteiger partial charge < -0.3 is 4.74 Å². The molecule has 7 heteroatoms. The summed E-state index contributed by atoms with van der Waals surface area (Å²) >= 11 is 10.7. The molecule has 92 valence electrons. The number of thioether (sulfide) groups is 2. The lowest BCUT2D eigenvalue weighted by Gasteiger charge is -2.16. The van der Waals surface area contributed by atoms with Gasteiger partial charge in [-0.15, -0.1) is 11.3 Å². The molecule has 0 saturated carbocycles. The Labute approximate surface area is 122 Å². The summed E-state index contributed by atoms with van der Waals surface area (Å²) in [6.45, 7) is 0. The monoisotopic (exact) mass is 314 g/mol. The van der Waals surface area contributed by atoms with Gasteiger partial charge in [-0.2, -0.15) is 4.98 Å². The first-order valence-corrected chi connectivity index (χ1v) is 8.34. The Hall–Kier alpha value is -0.690. The number of halogens is 1. The van der Waals surface area contributed by atoms with Crippen LogP contribution in [0.5, 0.6) is 5.88 Å². The second-order valence-electron chi connectivity index (χ2n) is 3.31. The average molecular weight is 315 g/mol. The number of thiophene rings is 1. The maximum Gasteiger partial charge on any atom is 0.239 e. The smallest absolute Gasteiger partial charge is 0.239 e. The van der Waals surface area contributed by atoms with Gasteiger partial charge in [0.25, 0.3) is 0 Å². The van der Waals surface area contributed by atoms with Gasteiger partial charge >= 0.3 is 0 Å². The Morgan fingerprint density at radius 3 is 3.00 bits per heavy atom. The highest BCUT2D eigenvalue weighted by Gasteiger charge is 2.21. The van der Waals surface area contributed by atoms with E-state index in [2.05, 4.69) is 9.97 Å². The van der Waals surface area contributed by atoms with Crippen LogP contribution in [0, 0.1) is 0 Å². The zero-order valence-electron chi connectivity index (χ0n) is 9.21. The first-order chi connectivity index (χ1) is 8.78. The number of fused-ring (bicyclic) bond motifs is 1. The molecule has 0 aliphatic carbocycles. The van der Waals surface area contributed by atoms with Crippen molar-refractivity contribution < 1.29 is 4.74 Å². The van der Waals surface area contributed by atoms with Crippen molar-refractivity contribution in [2.45, 2.75) is 10.1 Å². The molecule has 3 nitrogen and oxygen atoms in total. The molecule has 0 N–H and O–H groups in total. The van der Waals surface area contributed by atoms with Crippen LogP contribution in [0.2, 0.25) is 5.15 Å². The van der Waals surface area contributed by atoms with E-state index in [0.717, 1.165) is 15.5 Å². The third kappa shape index (κ3) is 2.25. The third-order valence-electron chi connectivity index (χ3n) is 2.21. The molecule has 0 unspecified atom stereocenters. The molecule has 3 rings (SSSR count). The third-order valence-corrected chi connectivity index (χ3v) is 4.96. The normalized spacial score (nSPS) is 13.8. The van der Waals surface area contributed by atoms with Crippen LogP contribution in [0.4, 0.5) is 0 Å². The van der Waals surface area contributed by atoms with Gasteiger partial charge in [0.2, 0.25) is 5.88 Å². The molecule has 1 aliphatic rings. The van der Waals surface area contributed by atoms with E-state index in [0.29, 0.717) is 16.2 Å². The molecule has 2 aromatic heterocycles.